The molecule has 0 aliphatic heterocycles. The first-order valence-electron chi connectivity index (χ1n) is 5.94. The van der Waals surface area contributed by atoms with E-state index in [0.717, 1.165) is 30.9 Å². The van der Waals surface area contributed by atoms with Gasteiger partial charge in [-0.3, -0.25) is 0 Å². The fourth-order valence-corrected chi connectivity index (χ4v) is 2.60. The van der Waals surface area contributed by atoms with E-state index < -0.39 is 0 Å². The predicted molar refractivity (Wildman–Crippen MR) is 68.4 cm³/mol. The van der Waals surface area contributed by atoms with Crippen LogP contribution in [0.3, 0.4) is 0 Å². The van der Waals surface area contributed by atoms with E-state index in [0.29, 0.717) is 6.04 Å². The summed E-state index contributed by atoms with van der Waals surface area (Å²) >= 11 is 1.89. The molecular formula is C12H23NOS. The molecule has 1 rings (SSSR count). The van der Waals surface area contributed by atoms with Crippen molar-refractivity contribution in [3.8, 4) is 0 Å². The molecule has 0 heterocycles. The first kappa shape index (κ1) is 13.1. The van der Waals surface area contributed by atoms with Crippen LogP contribution in [0.4, 0.5) is 0 Å². The predicted octanol–water partition coefficient (Wildman–Crippen LogP) is 2.19. The minimum atomic E-state index is -0.128. The molecule has 2 unspecified atom stereocenters. The number of aliphatic hydroxyl groups excluding tert-OH is 1. The van der Waals surface area contributed by atoms with E-state index in [9.17, 15) is 5.11 Å². The standard InChI is InChI=1S/C12H23NOS/c1-2-9-15-10-8-13-11-6-4-3-5-7-12(11)14/h2,11-14H,1,3-10H2. The molecule has 0 aromatic heterocycles. The Morgan fingerprint density at radius 1 is 1.33 bits per heavy atom. The maximum absolute atomic E-state index is 9.87. The van der Waals surface area contributed by atoms with E-state index in [-0.39, 0.29) is 6.10 Å². The van der Waals surface area contributed by atoms with Gasteiger partial charge in [0.2, 0.25) is 0 Å². The van der Waals surface area contributed by atoms with Crippen molar-refractivity contribution in [2.24, 2.45) is 0 Å². The zero-order chi connectivity index (χ0) is 10.9. The summed E-state index contributed by atoms with van der Waals surface area (Å²) in [6, 6.07) is 0.330. The average Bonchev–Trinajstić information content (AvgIpc) is 2.44. The van der Waals surface area contributed by atoms with Crippen molar-refractivity contribution in [2.45, 2.75) is 44.2 Å². The maximum Gasteiger partial charge on any atom is 0.0693 e. The highest BCUT2D eigenvalue weighted by Crippen LogP contribution is 2.17. The molecule has 2 nitrogen and oxygen atoms in total. The summed E-state index contributed by atoms with van der Waals surface area (Å²) < 4.78 is 0. The van der Waals surface area contributed by atoms with Gasteiger partial charge >= 0.3 is 0 Å². The number of aliphatic hydroxyl groups is 1. The molecule has 1 aliphatic rings. The van der Waals surface area contributed by atoms with Gasteiger partial charge in [0.05, 0.1) is 6.10 Å². The van der Waals surface area contributed by atoms with E-state index in [2.05, 4.69) is 11.9 Å². The van der Waals surface area contributed by atoms with Crippen molar-refractivity contribution in [1.29, 1.82) is 0 Å². The fraction of sp³-hybridized carbons (Fsp3) is 0.833. The van der Waals surface area contributed by atoms with Gasteiger partial charge < -0.3 is 10.4 Å². The Balaban J connectivity index is 2.09. The first-order chi connectivity index (χ1) is 7.34. The molecule has 0 bridgehead atoms. The Hall–Kier alpha value is 0.01000. The molecule has 0 amide bonds. The summed E-state index contributed by atoms with van der Waals surface area (Å²) in [5.41, 5.74) is 0. The lowest BCUT2D eigenvalue weighted by Crippen LogP contribution is -2.40. The summed E-state index contributed by atoms with van der Waals surface area (Å²) in [6.07, 6.45) is 7.63. The van der Waals surface area contributed by atoms with Crippen LogP contribution in [0.2, 0.25) is 0 Å². The van der Waals surface area contributed by atoms with E-state index in [1.807, 2.05) is 17.8 Å². The fourth-order valence-electron chi connectivity index (χ4n) is 2.01. The van der Waals surface area contributed by atoms with Crippen molar-refractivity contribution < 1.29 is 5.11 Å². The molecule has 0 spiro atoms. The Morgan fingerprint density at radius 2 is 2.13 bits per heavy atom. The zero-order valence-electron chi connectivity index (χ0n) is 9.45. The summed E-state index contributed by atoms with van der Waals surface area (Å²) in [6.45, 7) is 4.69. The van der Waals surface area contributed by atoms with Gasteiger partial charge in [-0.25, -0.2) is 0 Å². The average molecular weight is 229 g/mol. The molecule has 1 fully saturated rings. The van der Waals surface area contributed by atoms with Crippen molar-refractivity contribution in [3.05, 3.63) is 12.7 Å². The van der Waals surface area contributed by atoms with Crippen molar-refractivity contribution >= 4 is 11.8 Å². The molecule has 2 atom stereocenters. The summed E-state index contributed by atoms with van der Waals surface area (Å²) in [4.78, 5) is 0. The van der Waals surface area contributed by atoms with Crippen LogP contribution in [0.25, 0.3) is 0 Å². The molecule has 0 aromatic carbocycles. The van der Waals surface area contributed by atoms with Crippen LogP contribution in [-0.2, 0) is 0 Å². The largest absolute Gasteiger partial charge is 0.392 e. The van der Waals surface area contributed by atoms with Crippen LogP contribution in [0, 0.1) is 0 Å². The third kappa shape index (κ3) is 5.59. The molecule has 1 aliphatic carbocycles. The van der Waals surface area contributed by atoms with Gasteiger partial charge in [0.15, 0.2) is 0 Å². The topological polar surface area (TPSA) is 32.3 Å². The maximum atomic E-state index is 9.87. The molecule has 1 saturated carbocycles. The first-order valence-corrected chi connectivity index (χ1v) is 7.10. The van der Waals surface area contributed by atoms with Crippen molar-refractivity contribution in [2.75, 3.05) is 18.1 Å². The highest BCUT2D eigenvalue weighted by Gasteiger charge is 2.20. The molecule has 0 radical (unpaired) electrons. The van der Waals surface area contributed by atoms with Crippen LogP contribution in [0.5, 0.6) is 0 Å². The number of hydrogen-bond donors (Lipinski definition) is 2. The highest BCUT2D eigenvalue weighted by atomic mass is 32.2. The smallest absolute Gasteiger partial charge is 0.0693 e. The SMILES string of the molecule is C=CCSCCNC1CCCCCC1O. The summed E-state index contributed by atoms with van der Waals surface area (Å²) in [5, 5.41) is 13.3. The van der Waals surface area contributed by atoms with Crippen LogP contribution in [0.1, 0.15) is 32.1 Å². The molecule has 0 saturated heterocycles. The molecule has 0 aromatic rings. The van der Waals surface area contributed by atoms with Gasteiger partial charge in [-0.1, -0.05) is 25.3 Å². The number of rotatable bonds is 6. The molecule has 3 heteroatoms. The zero-order valence-corrected chi connectivity index (χ0v) is 10.3. The third-order valence-corrected chi connectivity index (χ3v) is 3.83. The van der Waals surface area contributed by atoms with E-state index in [4.69, 9.17) is 0 Å². The lowest BCUT2D eigenvalue weighted by molar-refractivity contribution is 0.121. The molecule has 15 heavy (non-hydrogen) atoms. The van der Waals surface area contributed by atoms with Gasteiger partial charge in [-0.15, -0.1) is 6.58 Å². The summed E-state index contributed by atoms with van der Waals surface area (Å²) in [7, 11) is 0. The second-order valence-corrected chi connectivity index (χ2v) is 5.28. The second-order valence-electron chi connectivity index (χ2n) is 4.13. The quantitative estimate of drug-likeness (QED) is 0.416. The van der Waals surface area contributed by atoms with Crippen LogP contribution >= 0.6 is 11.8 Å². The third-order valence-electron chi connectivity index (χ3n) is 2.87. The lowest BCUT2D eigenvalue weighted by atomic mass is 10.1. The van der Waals surface area contributed by atoms with E-state index >= 15 is 0 Å². The number of nitrogens with one attached hydrogen (secondary N) is 1. The highest BCUT2D eigenvalue weighted by molar-refractivity contribution is 7.99. The van der Waals surface area contributed by atoms with Crippen LogP contribution in [-0.4, -0.2) is 35.3 Å². The minimum Gasteiger partial charge on any atom is -0.392 e. The van der Waals surface area contributed by atoms with Gasteiger partial charge in [0, 0.05) is 24.1 Å². The van der Waals surface area contributed by atoms with Crippen LogP contribution in [0.15, 0.2) is 12.7 Å². The molecule has 2 N–H and O–H groups in total. The van der Waals surface area contributed by atoms with Crippen molar-refractivity contribution in [1.82, 2.24) is 5.32 Å². The minimum absolute atomic E-state index is 0.128. The Labute approximate surface area is 97.5 Å². The Kier molecular flexibility index (Phi) is 7.14. The van der Waals surface area contributed by atoms with Gasteiger partial charge in [0.1, 0.15) is 0 Å². The molecule has 88 valence electrons. The van der Waals surface area contributed by atoms with Gasteiger partial charge in [-0.05, 0) is 12.8 Å². The molecular weight excluding hydrogens is 206 g/mol. The van der Waals surface area contributed by atoms with E-state index in [1.165, 1.54) is 19.3 Å². The van der Waals surface area contributed by atoms with Crippen LogP contribution < -0.4 is 5.32 Å². The number of hydrogen-bond acceptors (Lipinski definition) is 3. The Bertz CT molecular complexity index is 175. The van der Waals surface area contributed by atoms with Gasteiger partial charge in [0.25, 0.3) is 0 Å². The van der Waals surface area contributed by atoms with Crippen molar-refractivity contribution in [3.63, 3.8) is 0 Å². The second kappa shape index (κ2) is 8.20. The lowest BCUT2D eigenvalue weighted by Gasteiger charge is -2.21. The van der Waals surface area contributed by atoms with Gasteiger partial charge in [-0.2, -0.15) is 11.8 Å². The summed E-state index contributed by atoms with van der Waals surface area (Å²) in [5.74, 6) is 2.13. The monoisotopic (exact) mass is 229 g/mol. The Morgan fingerprint density at radius 3 is 2.93 bits per heavy atom. The van der Waals surface area contributed by atoms with E-state index in [1.54, 1.807) is 0 Å². The normalized spacial score (nSPS) is 27.3. The number of thioether (sulfide) groups is 1.